The van der Waals surface area contributed by atoms with Crippen LogP contribution in [0.3, 0.4) is 0 Å². The minimum atomic E-state index is -0.983. The van der Waals surface area contributed by atoms with E-state index in [9.17, 15) is 23.8 Å². The first-order valence-electron chi connectivity index (χ1n) is 9.48. The summed E-state index contributed by atoms with van der Waals surface area (Å²) in [6.07, 6.45) is 1.28. The maximum atomic E-state index is 13.8. The lowest BCUT2D eigenvalue weighted by atomic mass is 9.90. The van der Waals surface area contributed by atoms with Gasteiger partial charge in [-0.25, -0.2) is 18.7 Å². The van der Waals surface area contributed by atoms with Gasteiger partial charge in [0.25, 0.3) is 5.91 Å². The number of H-pyrrole nitrogens is 1. The Hall–Kier alpha value is -3.18. The predicted molar refractivity (Wildman–Crippen MR) is 102 cm³/mol. The topological polar surface area (TPSA) is 136 Å². The van der Waals surface area contributed by atoms with Gasteiger partial charge in [-0.3, -0.25) is 9.89 Å². The molecule has 158 valence electrons. The molecule has 5 N–H and O–H groups in total. The molecule has 0 spiro atoms. The molecule has 1 aliphatic carbocycles. The van der Waals surface area contributed by atoms with Crippen molar-refractivity contribution in [1.29, 1.82) is 0 Å². The zero-order valence-corrected chi connectivity index (χ0v) is 15.8. The number of carbonyl (C=O) groups is 1. The van der Waals surface area contributed by atoms with Crippen LogP contribution < -0.4 is 10.6 Å². The summed E-state index contributed by atoms with van der Waals surface area (Å²) in [6.45, 7) is -0.229. The number of rotatable bonds is 5. The third-order valence-corrected chi connectivity index (χ3v) is 5.17. The minimum Gasteiger partial charge on any atom is -0.390 e. The molecule has 0 saturated heterocycles. The number of aromatic amines is 1. The summed E-state index contributed by atoms with van der Waals surface area (Å²) in [5.41, 5.74) is 0.261. The van der Waals surface area contributed by atoms with Crippen LogP contribution in [0.15, 0.2) is 24.5 Å². The molecular weight excluding hydrogens is 398 g/mol. The summed E-state index contributed by atoms with van der Waals surface area (Å²) >= 11 is 0. The van der Waals surface area contributed by atoms with E-state index in [-0.39, 0.29) is 29.3 Å². The summed E-state index contributed by atoms with van der Waals surface area (Å²) in [5, 5.41) is 32.6. The molecule has 0 unspecified atom stereocenters. The number of hydrogen-bond acceptors (Lipinski definition) is 7. The van der Waals surface area contributed by atoms with E-state index >= 15 is 0 Å². The van der Waals surface area contributed by atoms with Crippen LogP contribution in [0.1, 0.15) is 35.3 Å². The largest absolute Gasteiger partial charge is 0.390 e. The van der Waals surface area contributed by atoms with Crippen molar-refractivity contribution in [1.82, 2.24) is 25.5 Å². The van der Waals surface area contributed by atoms with Crippen LogP contribution in [-0.4, -0.2) is 54.5 Å². The van der Waals surface area contributed by atoms with Gasteiger partial charge < -0.3 is 20.8 Å². The summed E-state index contributed by atoms with van der Waals surface area (Å²) in [7, 11) is 0. The summed E-state index contributed by atoms with van der Waals surface area (Å²) in [6, 6.07) is 2.53. The molecule has 1 aliphatic rings. The fourth-order valence-electron chi connectivity index (χ4n) is 3.56. The van der Waals surface area contributed by atoms with E-state index in [1.165, 1.54) is 6.33 Å². The molecule has 0 bridgehead atoms. The molecule has 3 atom stereocenters. The van der Waals surface area contributed by atoms with Crippen molar-refractivity contribution in [2.45, 2.75) is 44.1 Å². The van der Waals surface area contributed by atoms with Gasteiger partial charge in [-0.15, -0.1) is 0 Å². The second-order valence-corrected chi connectivity index (χ2v) is 7.18. The van der Waals surface area contributed by atoms with Gasteiger partial charge in [0.1, 0.15) is 29.5 Å². The van der Waals surface area contributed by atoms with E-state index in [4.69, 9.17) is 0 Å². The number of carbonyl (C=O) groups excluding carboxylic acids is 1. The third kappa shape index (κ3) is 3.94. The van der Waals surface area contributed by atoms with Crippen molar-refractivity contribution >= 4 is 22.8 Å². The number of amides is 1. The summed E-state index contributed by atoms with van der Waals surface area (Å²) < 4.78 is 27.1. The Morgan fingerprint density at radius 1 is 1.23 bits per heavy atom. The Kier molecular flexibility index (Phi) is 5.55. The highest BCUT2D eigenvalue weighted by molar-refractivity contribution is 6.07. The van der Waals surface area contributed by atoms with Crippen molar-refractivity contribution in [2.75, 3.05) is 5.32 Å². The SMILES string of the molecule is O=C(NCc1cc(F)ccc1F)c1[nH]nc2ncnc(N[C@@H]3CCC[C@@H](O)[C@H]3O)c12. The predicted octanol–water partition coefficient (Wildman–Crippen LogP) is 1.25. The Morgan fingerprint density at radius 3 is 2.90 bits per heavy atom. The average Bonchev–Trinajstić information content (AvgIpc) is 3.17. The molecule has 1 saturated carbocycles. The van der Waals surface area contributed by atoms with Gasteiger partial charge >= 0.3 is 0 Å². The fraction of sp³-hybridized carbons (Fsp3) is 0.368. The van der Waals surface area contributed by atoms with Crippen molar-refractivity contribution in [3.05, 3.63) is 47.4 Å². The number of nitrogens with zero attached hydrogens (tertiary/aromatic N) is 3. The monoisotopic (exact) mass is 418 g/mol. The number of benzene rings is 1. The normalized spacial score (nSPS) is 21.5. The lowest BCUT2D eigenvalue weighted by molar-refractivity contribution is -0.0161. The Bertz CT molecular complexity index is 1080. The van der Waals surface area contributed by atoms with Crippen LogP contribution in [0.25, 0.3) is 11.0 Å². The van der Waals surface area contributed by atoms with Gasteiger partial charge in [0.05, 0.1) is 23.6 Å². The number of aliphatic hydroxyl groups is 2. The number of halogens is 2. The van der Waals surface area contributed by atoms with Crippen LogP contribution in [-0.2, 0) is 6.54 Å². The zero-order valence-electron chi connectivity index (χ0n) is 15.8. The Labute approximate surface area is 169 Å². The average molecular weight is 418 g/mol. The number of aliphatic hydroxyl groups excluding tert-OH is 2. The Balaban J connectivity index is 1.57. The smallest absolute Gasteiger partial charge is 0.270 e. The number of nitrogens with one attached hydrogen (secondary N) is 3. The molecule has 2 aromatic heterocycles. The van der Waals surface area contributed by atoms with Crippen LogP contribution >= 0.6 is 0 Å². The number of hydrogen-bond donors (Lipinski definition) is 5. The van der Waals surface area contributed by atoms with E-state index < -0.39 is 35.8 Å². The van der Waals surface area contributed by atoms with Gasteiger partial charge in [-0.1, -0.05) is 0 Å². The first kappa shape index (κ1) is 20.1. The van der Waals surface area contributed by atoms with Gasteiger partial charge in [0, 0.05) is 12.1 Å². The maximum Gasteiger partial charge on any atom is 0.270 e. The van der Waals surface area contributed by atoms with E-state index in [0.29, 0.717) is 18.2 Å². The van der Waals surface area contributed by atoms with Gasteiger partial charge in [-0.05, 0) is 37.5 Å². The molecule has 3 aromatic rings. The lowest BCUT2D eigenvalue weighted by Crippen LogP contribution is -2.45. The van der Waals surface area contributed by atoms with Crippen molar-refractivity contribution < 1.29 is 23.8 Å². The van der Waals surface area contributed by atoms with Crippen molar-refractivity contribution in [3.8, 4) is 0 Å². The number of fused-ring (bicyclic) bond motifs is 1. The van der Waals surface area contributed by atoms with Gasteiger partial charge in [0.2, 0.25) is 0 Å². The Morgan fingerprint density at radius 2 is 2.07 bits per heavy atom. The van der Waals surface area contributed by atoms with E-state index in [2.05, 4.69) is 30.8 Å². The summed E-state index contributed by atoms with van der Waals surface area (Å²) in [5.74, 6) is -1.58. The van der Waals surface area contributed by atoms with Crippen molar-refractivity contribution in [3.63, 3.8) is 0 Å². The molecule has 1 fully saturated rings. The quantitative estimate of drug-likeness (QED) is 0.421. The van der Waals surface area contributed by atoms with Crippen LogP contribution in [0.4, 0.5) is 14.6 Å². The first-order valence-corrected chi connectivity index (χ1v) is 9.48. The summed E-state index contributed by atoms with van der Waals surface area (Å²) in [4.78, 5) is 20.9. The molecule has 4 rings (SSSR count). The van der Waals surface area contributed by atoms with Crippen LogP contribution in [0.2, 0.25) is 0 Å². The molecule has 0 radical (unpaired) electrons. The van der Waals surface area contributed by atoms with E-state index in [0.717, 1.165) is 24.6 Å². The fourth-order valence-corrected chi connectivity index (χ4v) is 3.56. The molecule has 11 heteroatoms. The molecule has 30 heavy (non-hydrogen) atoms. The molecule has 1 amide bonds. The second-order valence-electron chi connectivity index (χ2n) is 7.18. The maximum absolute atomic E-state index is 13.8. The molecule has 0 aliphatic heterocycles. The highest BCUT2D eigenvalue weighted by Gasteiger charge is 2.31. The molecule has 1 aromatic carbocycles. The minimum absolute atomic E-state index is 0.00100. The highest BCUT2D eigenvalue weighted by Crippen LogP contribution is 2.27. The zero-order chi connectivity index (χ0) is 21.3. The van der Waals surface area contributed by atoms with Gasteiger partial charge in [-0.2, -0.15) is 5.10 Å². The van der Waals surface area contributed by atoms with Crippen molar-refractivity contribution in [2.24, 2.45) is 0 Å². The third-order valence-electron chi connectivity index (χ3n) is 5.17. The van der Waals surface area contributed by atoms with Crippen LogP contribution in [0.5, 0.6) is 0 Å². The number of anilines is 1. The van der Waals surface area contributed by atoms with Crippen LogP contribution in [0, 0.1) is 11.6 Å². The highest BCUT2D eigenvalue weighted by atomic mass is 19.1. The van der Waals surface area contributed by atoms with E-state index in [1.54, 1.807) is 0 Å². The first-order chi connectivity index (χ1) is 14.4. The molecular formula is C19H20F2N6O3. The standard InChI is InChI=1S/C19H20F2N6O3/c20-10-4-5-11(21)9(6-10)7-22-19(30)15-14-17(23-8-24-18(14)27-26-15)25-12-2-1-3-13(28)16(12)29/h4-6,8,12-13,16,28-29H,1-3,7H2,(H,22,30)(H2,23,24,25,26,27)/t12-,13-,16+/m1/s1. The lowest BCUT2D eigenvalue weighted by Gasteiger charge is -2.32. The molecule has 2 heterocycles. The second kappa shape index (κ2) is 8.28. The number of aromatic nitrogens is 4. The van der Waals surface area contributed by atoms with Gasteiger partial charge in [0.15, 0.2) is 5.65 Å². The molecule has 9 nitrogen and oxygen atoms in total. The van der Waals surface area contributed by atoms with E-state index in [1.807, 2.05) is 0 Å².